The number of halogens is 1. The number of carbonyl (C=O) groups is 1. The molecular formula is C22H25FN2O3. The summed E-state index contributed by atoms with van der Waals surface area (Å²) in [6.07, 6.45) is 3.26. The van der Waals surface area contributed by atoms with Gasteiger partial charge in [-0.1, -0.05) is 24.3 Å². The van der Waals surface area contributed by atoms with Gasteiger partial charge in [0.05, 0.1) is 26.4 Å². The van der Waals surface area contributed by atoms with Crippen LogP contribution < -0.4 is 10.1 Å². The van der Waals surface area contributed by atoms with E-state index in [-0.39, 0.29) is 17.8 Å². The van der Waals surface area contributed by atoms with Crippen LogP contribution in [-0.2, 0) is 9.53 Å². The van der Waals surface area contributed by atoms with Crippen molar-refractivity contribution in [1.29, 1.82) is 0 Å². The highest BCUT2D eigenvalue weighted by molar-refractivity contribution is 5.91. The van der Waals surface area contributed by atoms with E-state index < -0.39 is 0 Å². The van der Waals surface area contributed by atoms with Crippen LogP contribution in [0.3, 0.4) is 0 Å². The van der Waals surface area contributed by atoms with Crippen LogP contribution in [0.15, 0.2) is 54.6 Å². The molecule has 3 rings (SSSR count). The van der Waals surface area contributed by atoms with Gasteiger partial charge in [0.15, 0.2) is 0 Å². The fourth-order valence-corrected chi connectivity index (χ4v) is 3.21. The zero-order chi connectivity index (χ0) is 19.8. The summed E-state index contributed by atoms with van der Waals surface area (Å²) >= 11 is 0. The van der Waals surface area contributed by atoms with Crippen molar-refractivity contribution in [2.24, 2.45) is 0 Å². The first-order chi connectivity index (χ1) is 13.7. The van der Waals surface area contributed by atoms with E-state index in [0.717, 1.165) is 30.0 Å². The number of morpholine rings is 1. The number of benzene rings is 2. The van der Waals surface area contributed by atoms with Gasteiger partial charge in [-0.15, -0.1) is 0 Å². The minimum Gasteiger partial charge on any atom is -0.497 e. The average molecular weight is 384 g/mol. The van der Waals surface area contributed by atoms with Gasteiger partial charge in [-0.3, -0.25) is 9.69 Å². The van der Waals surface area contributed by atoms with Crippen molar-refractivity contribution in [3.63, 3.8) is 0 Å². The average Bonchev–Trinajstić information content (AvgIpc) is 2.74. The van der Waals surface area contributed by atoms with Crippen LogP contribution in [0.4, 0.5) is 4.39 Å². The predicted molar refractivity (Wildman–Crippen MR) is 107 cm³/mol. The number of hydrogen-bond donors (Lipinski definition) is 1. The Morgan fingerprint density at radius 1 is 1.25 bits per heavy atom. The molecule has 1 aliphatic heterocycles. The second-order valence-corrected chi connectivity index (χ2v) is 6.57. The fourth-order valence-electron chi connectivity index (χ4n) is 3.21. The first-order valence-corrected chi connectivity index (χ1v) is 9.33. The molecule has 1 unspecified atom stereocenters. The molecule has 0 aliphatic carbocycles. The van der Waals surface area contributed by atoms with Crippen molar-refractivity contribution < 1.29 is 18.7 Å². The molecule has 148 valence electrons. The second kappa shape index (κ2) is 10.0. The summed E-state index contributed by atoms with van der Waals surface area (Å²) in [7, 11) is 1.61. The Kier molecular flexibility index (Phi) is 7.17. The largest absolute Gasteiger partial charge is 0.497 e. The highest BCUT2D eigenvalue weighted by Gasteiger charge is 2.23. The molecule has 5 nitrogen and oxygen atoms in total. The number of carbonyl (C=O) groups excluding carboxylic acids is 1. The van der Waals surface area contributed by atoms with Gasteiger partial charge < -0.3 is 14.8 Å². The highest BCUT2D eigenvalue weighted by Crippen LogP contribution is 2.21. The number of nitrogens with one attached hydrogen (secondary N) is 1. The zero-order valence-corrected chi connectivity index (χ0v) is 15.9. The van der Waals surface area contributed by atoms with Crippen LogP contribution in [0, 0.1) is 5.82 Å². The van der Waals surface area contributed by atoms with Gasteiger partial charge >= 0.3 is 0 Å². The summed E-state index contributed by atoms with van der Waals surface area (Å²) in [5.41, 5.74) is 1.86. The Morgan fingerprint density at radius 3 is 2.71 bits per heavy atom. The van der Waals surface area contributed by atoms with E-state index in [9.17, 15) is 9.18 Å². The molecule has 0 saturated carbocycles. The van der Waals surface area contributed by atoms with Crippen molar-refractivity contribution in [3.8, 4) is 5.75 Å². The summed E-state index contributed by atoms with van der Waals surface area (Å²) in [4.78, 5) is 14.6. The lowest BCUT2D eigenvalue weighted by molar-refractivity contribution is -0.116. The monoisotopic (exact) mass is 384 g/mol. The molecule has 0 spiro atoms. The van der Waals surface area contributed by atoms with Crippen molar-refractivity contribution in [3.05, 3.63) is 71.6 Å². The molecule has 1 aliphatic rings. The lowest BCUT2D eigenvalue weighted by atomic mass is 10.0. The van der Waals surface area contributed by atoms with E-state index in [1.807, 2.05) is 24.3 Å². The van der Waals surface area contributed by atoms with Gasteiger partial charge in [0.2, 0.25) is 5.91 Å². The fraction of sp³-hybridized carbons (Fsp3) is 0.318. The summed E-state index contributed by atoms with van der Waals surface area (Å²) in [6.45, 7) is 3.30. The Bertz CT molecular complexity index is 802. The van der Waals surface area contributed by atoms with Crippen LogP contribution in [0.25, 0.3) is 6.08 Å². The Morgan fingerprint density at radius 2 is 2.00 bits per heavy atom. The molecule has 0 radical (unpaired) electrons. The number of rotatable bonds is 7. The maximum atomic E-state index is 13.3. The quantitative estimate of drug-likeness (QED) is 0.746. The van der Waals surface area contributed by atoms with Gasteiger partial charge in [0.1, 0.15) is 11.6 Å². The number of amides is 1. The second-order valence-electron chi connectivity index (χ2n) is 6.57. The summed E-state index contributed by atoms with van der Waals surface area (Å²) in [6, 6.07) is 13.9. The van der Waals surface area contributed by atoms with Crippen LogP contribution >= 0.6 is 0 Å². The molecule has 1 amide bonds. The number of ether oxygens (including phenoxy) is 2. The summed E-state index contributed by atoms with van der Waals surface area (Å²) < 4.78 is 23.9. The SMILES string of the molecule is COc1cccc(C=CC(=O)NCC(c2ccc(F)cc2)N2CCOCC2)c1. The minimum atomic E-state index is -0.269. The van der Waals surface area contributed by atoms with E-state index in [4.69, 9.17) is 9.47 Å². The maximum Gasteiger partial charge on any atom is 0.244 e. The summed E-state index contributed by atoms with van der Waals surface area (Å²) in [5, 5.41) is 2.96. The molecule has 1 atom stereocenters. The van der Waals surface area contributed by atoms with E-state index >= 15 is 0 Å². The van der Waals surface area contributed by atoms with E-state index in [0.29, 0.717) is 19.8 Å². The maximum absolute atomic E-state index is 13.3. The number of hydrogen-bond acceptors (Lipinski definition) is 4. The third-order valence-corrected chi connectivity index (χ3v) is 4.73. The Labute approximate surface area is 164 Å². The van der Waals surface area contributed by atoms with Crippen molar-refractivity contribution >= 4 is 12.0 Å². The molecule has 2 aromatic rings. The van der Waals surface area contributed by atoms with Gasteiger partial charge in [0, 0.05) is 25.7 Å². The first-order valence-electron chi connectivity index (χ1n) is 9.33. The van der Waals surface area contributed by atoms with E-state index in [2.05, 4.69) is 10.2 Å². The third-order valence-electron chi connectivity index (χ3n) is 4.73. The van der Waals surface area contributed by atoms with Crippen LogP contribution in [0.2, 0.25) is 0 Å². The third kappa shape index (κ3) is 5.65. The van der Waals surface area contributed by atoms with Crippen LogP contribution in [0.5, 0.6) is 5.75 Å². The van der Waals surface area contributed by atoms with Crippen molar-refractivity contribution in [1.82, 2.24) is 10.2 Å². The molecule has 1 saturated heterocycles. The lowest BCUT2D eigenvalue weighted by Gasteiger charge is -2.34. The van der Waals surface area contributed by atoms with Crippen LogP contribution in [-0.4, -0.2) is 50.8 Å². The van der Waals surface area contributed by atoms with Crippen LogP contribution in [0.1, 0.15) is 17.2 Å². The number of methoxy groups -OCH3 is 1. The normalized spacial score (nSPS) is 16.1. The highest BCUT2D eigenvalue weighted by atomic mass is 19.1. The van der Waals surface area contributed by atoms with Crippen molar-refractivity contribution in [2.75, 3.05) is 40.0 Å². The molecule has 1 N–H and O–H groups in total. The van der Waals surface area contributed by atoms with Crippen molar-refractivity contribution in [2.45, 2.75) is 6.04 Å². The van der Waals surface area contributed by atoms with Gasteiger partial charge in [-0.25, -0.2) is 4.39 Å². The number of nitrogens with zero attached hydrogens (tertiary/aromatic N) is 1. The van der Waals surface area contributed by atoms with Gasteiger partial charge in [-0.05, 0) is 41.5 Å². The molecule has 28 heavy (non-hydrogen) atoms. The summed E-state index contributed by atoms with van der Waals surface area (Å²) in [5.74, 6) is 0.296. The van der Waals surface area contributed by atoms with E-state index in [1.54, 1.807) is 25.3 Å². The van der Waals surface area contributed by atoms with E-state index in [1.165, 1.54) is 18.2 Å². The first kappa shape index (κ1) is 20.0. The molecule has 1 fully saturated rings. The Balaban J connectivity index is 1.64. The molecule has 0 aromatic heterocycles. The smallest absolute Gasteiger partial charge is 0.244 e. The lowest BCUT2D eigenvalue weighted by Crippen LogP contribution is -2.43. The molecular weight excluding hydrogens is 359 g/mol. The minimum absolute atomic E-state index is 0.0290. The molecule has 1 heterocycles. The van der Waals surface area contributed by atoms with Gasteiger partial charge in [0.25, 0.3) is 0 Å². The Hall–Kier alpha value is -2.70. The van der Waals surface area contributed by atoms with Gasteiger partial charge in [-0.2, -0.15) is 0 Å². The molecule has 6 heteroatoms. The molecule has 0 bridgehead atoms. The topological polar surface area (TPSA) is 50.8 Å². The predicted octanol–water partition coefficient (Wildman–Crippen LogP) is 3.04. The molecule has 2 aromatic carbocycles. The zero-order valence-electron chi connectivity index (χ0n) is 15.9. The standard InChI is InChI=1S/C22H25FN2O3/c1-27-20-4-2-3-17(15-20)5-10-22(26)24-16-21(25-11-13-28-14-12-25)18-6-8-19(23)9-7-18/h2-10,15,21H,11-14,16H2,1H3,(H,24,26).